The van der Waals surface area contributed by atoms with Gasteiger partial charge in [0.25, 0.3) is 0 Å². The normalized spacial score (nSPS) is 19.1. The molecule has 0 radical (unpaired) electrons. The number of nitrogens with one attached hydrogen (secondary N) is 1. The molecule has 0 aliphatic carbocycles. The molecular weight excluding hydrogens is 396 g/mol. The summed E-state index contributed by atoms with van der Waals surface area (Å²) in [4.78, 5) is 18.6. The lowest BCUT2D eigenvalue weighted by molar-refractivity contribution is 0.291. The van der Waals surface area contributed by atoms with E-state index in [1.54, 1.807) is 10.6 Å². The van der Waals surface area contributed by atoms with Crippen molar-refractivity contribution in [2.75, 3.05) is 24.5 Å². The number of benzene rings is 1. The van der Waals surface area contributed by atoms with E-state index in [0.29, 0.717) is 30.1 Å². The molecule has 1 aromatic heterocycles. The summed E-state index contributed by atoms with van der Waals surface area (Å²) < 4.78 is 8.28. The number of hydrogen-bond acceptors (Lipinski definition) is 5. The van der Waals surface area contributed by atoms with Crippen LogP contribution in [0.2, 0.25) is 5.02 Å². The van der Waals surface area contributed by atoms with E-state index < -0.39 is 0 Å². The molecule has 1 fully saturated rings. The Morgan fingerprint density at radius 2 is 2.29 bits per heavy atom. The summed E-state index contributed by atoms with van der Waals surface area (Å²) in [6.45, 7) is 3.70. The Bertz CT molecular complexity index is 841. The first kappa shape index (κ1) is 15.9. The molecule has 24 heavy (non-hydrogen) atoms. The van der Waals surface area contributed by atoms with Crippen molar-refractivity contribution < 1.29 is 4.74 Å². The number of fused-ring (bicyclic) bond motifs is 3. The fraction of sp³-hybridized carbons (Fsp3) is 0.375. The molecule has 1 unspecified atom stereocenters. The van der Waals surface area contributed by atoms with Crippen LogP contribution in [0.4, 0.5) is 5.82 Å². The van der Waals surface area contributed by atoms with Crippen molar-refractivity contribution in [2.24, 2.45) is 0 Å². The summed E-state index contributed by atoms with van der Waals surface area (Å²) in [6, 6.07) is 7.77. The summed E-state index contributed by atoms with van der Waals surface area (Å²) in [5.41, 5.74) is 0.697. The maximum atomic E-state index is 12.3. The van der Waals surface area contributed by atoms with Gasteiger partial charge < -0.3 is 15.0 Å². The van der Waals surface area contributed by atoms with Gasteiger partial charge >= 0.3 is 5.69 Å². The Morgan fingerprint density at radius 3 is 3.12 bits per heavy atom. The van der Waals surface area contributed by atoms with E-state index in [2.05, 4.69) is 31.1 Å². The number of hydrogen-bond donors (Lipinski definition) is 1. The smallest absolute Gasteiger partial charge is 0.352 e. The zero-order chi connectivity index (χ0) is 16.7. The van der Waals surface area contributed by atoms with Gasteiger partial charge in [-0.3, -0.25) is 4.57 Å². The SMILES string of the molecule is O=c1nc(OCc2ccc(Cl)c(Br)c2)cc2n1CC1CNCCN21. The van der Waals surface area contributed by atoms with Crippen LogP contribution in [0.5, 0.6) is 5.88 Å². The lowest BCUT2D eigenvalue weighted by Crippen LogP contribution is -2.49. The molecule has 0 bridgehead atoms. The van der Waals surface area contributed by atoms with E-state index in [-0.39, 0.29) is 5.69 Å². The van der Waals surface area contributed by atoms with Gasteiger partial charge in [0.2, 0.25) is 5.88 Å². The number of aromatic nitrogens is 2. The molecule has 6 nitrogen and oxygen atoms in total. The van der Waals surface area contributed by atoms with Gasteiger partial charge in [-0.2, -0.15) is 4.98 Å². The van der Waals surface area contributed by atoms with Crippen molar-refractivity contribution in [1.29, 1.82) is 0 Å². The average Bonchev–Trinajstić information content (AvgIpc) is 2.95. The lowest BCUT2D eigenvalue weighted by Gasteiger charge is -2.31. The first-order chi connectivity index (χ1) is 11.6. The van der Waals surface area contributed by atoms with Crippen LogP contribution in [-0.4, -0.2) is 35.2 Å². The largest absolute Gasteiger partial charge is 0.473 e. The zero-order valence-corrected chi connectivity index (χ0v) is 15.2. The van der Waals surface area contributed by atoms with Crippen LogP contribution in [0, 0.1) is 0 Å². The highest BCUT2D eigenvalue weighted by atomic mass is 79.9. The standard InChI is InChI=1S/C16H16BrClN4O2/c17-12-5-10(1-2-13(12)18)9-24-14-6-15-21-4-3-19-7-11(21)8-22(15)16(23)20-14/h1-2,5-6,11,19H,3-4,7-9H2. The predicted octanol–water partition coefficient (Wildman–Crippen LogP) is 2.03. The third-order valence-electron chi connectivity index (χ3n) is 4.37. The van der Waals surface area contributed by atoms with Crippen LogP contribution in [0.25, 0.3) is 0 Å². The Balaban J connectivity index is 1.56. The minimum atomic E-state index is -0.255. The minimum Gasteiger partial charge on any atom is -0.473 e. The zero-order valence-electron chi connectivity index (χ0n) is 12.8. The molecule has 1 atom stereocenters. The monoisotopic (exact) mass is 410 g/mol. The second-order valence-corrected chi connectivity index (χ2v) is 7.20. The summed E-state index contributed by atoms with van der Waals surface area (Å²) in [5, 5.41) is 4.01. The Kier molecular flexibility index (Phi) is 4.24. The van der Waals surface area contributed by atoms with Gasteiger partial charge in [0.05, 0.1) is 17.6 Å². The molecule has 3 heterocycles. The van der Waals surface area contributed by atoms with Crippen molar-refractivity contribution in [3.8, 4) is 5.88 Å². The number of nitrogens with zero attached hydrogens (tertiary/aromatic N) is 3. The topological polar surface area (TPSA) is 59.4 Å². The van der Waals surface area contributed by atoms with E-state index in [4.69, 9.17) is 16.3 Å². The van der Waals surface area contributed by atoms with E-state index in [1.807, 2.05) is 18.2 Å². The lowest BCUT2D eigenvalue weighted by atomic mass is 10.2. The minimum absolute atomic E-state index is 0.255. The summed E-state index contributed by atoms with van der Waals surface area (Å²) >= 11 is 9.39. The maximum Gasteiger partial charge on any atom is 0.352 e. The van der Waals surface area contributed by atoms with Gasteiger partial charge in [-0.15, -0.1) is 0 Å². The van der Waals surface area contributed by atoms with E-state index in [0.717, 1.165) is 35.5 Å². The fourth-order valence-electron chi connectivity index (χ4n) is 3.18. The average molecular weight is 412 g/mol. The highest BCUT2D eigenvalue weighted by Crippen LogP contribution is 2.28. The van der Waals surface area contributed by atoms with Crippen molar-refractivity contribution >= 4 is 33.3 Å². The number of halogens is 2. The molecule has 1 aromatic carbocycles. The summed E-state index contributed by atoms with van der Waals surface area (Å²) in [6.07, 6.45) is 0. The molecule has 8 heteroatoms. The van der Waals surface area contributed by atoms with Gasteiger partial charge in [-0.25, -0.2) is 4.79 Å². The third kappa shape index (κ3) is 2.92. The van der Waals surface area contributed by atoms with Gasteiger partial charge in [0.1, 0.15) is 12.4 Å². The van der Waals surface area contributed by atoms with Crippen molar-refractivity contribution in [2.45, 2.75) is 19.2 Å². The molecular formula is C16H16BrClN4O2. The highest BCUT2D eigenvalue weighted by molar-refractivity contribution is 9.10. The molecule has 2 aliphatic heterocycles. The van der Waals surface area contributed by atoms with Crippen molar-refractivity contribution in [3.63, 3.8) is 0 Å². The second-order valence-electron chi connectivity index (χ2n) is 5.93. The quantitative estimate of drug-likeness (QED) is 0.837. The van der Waals surface area contributed by atoms with Crippen LogP contribution < -0.4 is 20.6 Å². The Hall–Kier alpha value is -1.57. The first-order valence-corrected chi connectivity index (χ1v) is 8.95. The van der Waals surface area contributed by atoms with E-state index in [9.17, 15) is 4.79 Å². The van der Waals surface area contributed by atoms with Crippen LogP contribution >= 0.6 is 27.5 Å². The molecule has 2 aliphatic rings. The first-order valence-electron chi connectivity index (χ1n) is 7.78. The fourth-order valence-corrected chi connectivity index (χ4v) is 3.72. The maximum absolute atomic E-state index is 12.3. The molecule has 0 saturated carbocycles. The van der Waals surface area contributed by atoms with E-state index in [1.165, 1.54) is 0 Å². The number of ether oxygens (including phenoxy) is 1. The van der Waals surface area contributed by atoms with Crippen molar-refractivity contribution in [3.05, 3.63) is 49.8 Å². The van der Waals surface area contributed by atoms with Crippen LogP contribution in [0.15, 0.2) is 33.5 Å². The third-order valence-corrected chi connectivity index (χ3v) is 5.59. The molecule has 0 spiro atoms. The molecule has 126 valence electrons. The second kappa shape index (κ2) is 6.38. The van der Waals surface area contributed by atoms with Crippen LogP contribution in [0.3, 0.4) is 0 Å². The number of rotatable bonds is 3. The number of anilines is 1. The Morgan fingerprint density at radius 1 is 1.42 bits per heavy atom. The molecule has 4 rings (SSSR count). The van der Waals surface area contributed by atoms with E-state index >= 15 is 0 Å². The van der Waals surface area contributed by atoms with Gasteiger partial charge in [0.15, 0.2) is 0 Å². The Labute approximate surface area is 152 Å². The van der Waals surface area contributed by atoms with Crippen LogP contribution in [-0.2, 0) is 13.2 Å². The van der Waals surface area contributed by atoms with Crippen LogP contribution in [0.1, 0.15) is 5.56 Å². The molecule has 0 amide bonds. The number of piperazine rings is 1. The van der Waals surface area contributed by atoms with Gasteiger partial charge in [0, 0.05) is 30.2 Å². The molecule has 1 saturated heterocycles. The molecule has 1 N–H and O–H groups in total. The van der Waals surface area contributed by atoms with Crippen molar-refractivity contribution in [1.82, 2.24) is 14.9 Å². The summed E-state index contributed by atoms with van der Waals surface area (Å²) in [5.74, 6) is 1.25. The highest BCUT2D eigenvalue weighted by Gasteiger charge is 2.32. The molecule has 2 aromatic rings. The predicted molar refractivity (Wildman–Crippen MR) is 96.0 cm³/mol. The summed E-state index contributed by atoms with van der Waals surface area (Å²) in [7, 11) is 0. The van der Waals surface area contributed by atoms with Gasteiger partial charge in [-0.05, 0) is 33.6 Å². The van der Waals surface area contributed by atoms with Gasteiger partial charge in [-0.1, -0.05) is 17.7 Å².